The molecule has 3 unspecified atom stereocenters. The van der Waals surface area contributed by atoms with Crippen LogP contribution < -0.4 is 37.2 Å². The Morgan fingerprint density at radius 2 is 0.591 bits per heavy atom. The molecule has 0 bridgehead atoms. The molecule has 0 spiro atoms. The molecule has 3 aliphatic rings. The summed E-state index contributed by atoms with van der Waals surface area (Å²) in [5.74, 6) is 1.09. The fourth-order valence-electron chi connectivity index (χ4n) is 5.73. The molecule has 0 aromatic heterocycles. The Morgan fingerprint density at radius 1 is 0.409 bits per heavy atom. The van der Waals surface area contributed by atoms with Crippen molar-refractivity contribution >= 4 is 0 Å². The zero-order valence-electron chi connectivity index (χ0n) is 30.5. The molecule has 6 nitrogen and oxygen atoms in total. The second kappa shape index (κ2) is 13.2. The molecule has 3 rings (SSSR count). The first kappa shape index (κ1) is 45.7. The van der Waals surface area contributed by atoms with Crippen molar-refractivity contribution in [2.45, 2.75) is 141 Å². The van der Waals surface area contributed by atoms with E-state index in [-0.39, 0.29) is 91.4 Å². The first-order valence-electron chi connectivity index (χ1n) is 14.9. The minimum atomic E-state index is -0.818. The van der Waals surface area contributed by atoms with Gasteiger partial charge in [0.2, 0.25) is 0 Å². The van der Waals surface area contributed by atoms with Gasteiger partial charge in [0, 0.05) is 16.2 Å². The van der Waals surface area contributed by atoms with Crippen molar-refractivity contribution in [1.29, 1.82) is 0 Å². The summed E-state index contributed by atoms with van der Waals surface area (Å²) in [5, 5.41) is 30.7. The average molecular weight is 704 g/mol. The van der Waals surface area contributed by atoms with Gasteiger partial charge in [0.1, 0.15) is 0 Å². The van der Waals surface area contributed by atoms with E-state index in [0.717, 1.165) is 23.0 Å². The smallest absolute Gasteiger partial charge is 1.00 e. The third-order valence-corrected chi connectivity index (χ3v) is 8.86. The molecule has 0 radical (unpaired) electrons. The van der Waals surface area contributed by atoms with Crippen LogP contribution in [0.25, 0.3) is 0 Å². The van der Waals surface area contributed by atoms with E-state index in [4.69, 9.17) is 30.7 Å². The van der Waals surface area contributed by atoms with Gasteiger partial charge >= 0.3 is 21.7 Å². The summed E-state index contributed by atoms with van der Waals surface area (Å²) in [6, 6.07) is 0. The van der Waals surface area contributed by atoms with Gasteiger partial charge in [-0.1, -0.05) is 143 Å². The largest absolute Gasteiger partial charge is 4.00 e. The van der Waals surface area contributed by atoms with Crippen LogP contribution in [-0.4, -0.2) is 16.6 Å². The number of azo groups is 3. The van der Waals surface area contributed by atoms with Crippen LogP contribution in [0.2, 0.25) is 0 Å². The number of allylic oxidation sites excluding steroid dienone is 3. The van der Waals surface area contributed by atoms with Gasteiger partial charge < -0.3 is 37.2 Å². The molecule has 3 aliphatic heterocycles. The van der Waals surface area contributed by atoms with Crippen molar-refractivity contribution in [3.05, 3.63) is 41.2 Å². The van der Waals surface area contributed by atoms with E-state index in [1.165, 1.54) is 0 Å². The maximum atomic E-state index is 5.30. The molecular weight excluding hydrogens is 647 g/mol. The third-order valence-electron chi connectivity index (χ3n) is 8.86. The van der Waals surface area contributed by atoms with Crippen LogP contribution in [0.1, 0.15) is 125 Å². The van der Waals surface area contributed by atoms with Gasteiger partial charge in [0.05, 0.1) is 17.1 Å². The van der Waals surface area contributed by atoms with Crippen LogP contribution in [0, 0.1) is 38.4 Å². The van der Waals surface area contributed by atoms with Crippen molar-refractivity contribution < 1.29 is 58.9 Å². The fraction of sp³-hybridized carbons (Fsp3) is 0.794. The van der Waals surface area contributed by atoms with Crippen molar-refractivity contribution in [2.75, 3.05) is 0 Å². The Morgan fingerprint density at radius 3 is 0.705 bits per heavy atom. The van der Waals surface area contributed by atoms with Gasteiger partial charge in [-0.3, -0.25) is 0 Å². The predicted octanol–water partition coefficient (Wildman–Crippen LogP) is 2.11. The Hall–Kier alpha value is -0.396. The average Bonchev–Trinajstić information content (AvgIpc) is 3.44. The van der Waals surface area contributed by atoms with Crippen LogP contribution in [0.3, 0.4) is 0 Å². The zero-order chi connectivity index (χ0) is 31.2. The summed E-state index contributed by atoms with van der Waals surface area (Å²) in [7, 11) is 0. The van der Waals surface area contributed by atoms with E-state index >= 15 is 0 Å². The quantitative estimate of drug-likeness (QED) is 0.320. The van der Waals surface area contributed by atoms with Gasteiger partial charge in [-0.05, 0) is 32.9 Å². The van der Waals surface area contributed by atoms with Crippen LogP contribution in [0.4, 0.5) is 0 Å². The number of hydrogen-bond acceptors (Lipinski definition) is 6. The maximum Gasteiger partial charge on any atom is 4.00 e. The standard InChI is InChI=1S/C34H57N6.3ClH.Ti/c1-26(2,3)22-19-32(38-35-22,29(10,11)12)25(33(30(13,14)15)20-23(36-39-33)27(4,5)6)34(31(16,17)18)21-24(37-40-34)28(7,8)9;;;;/h19-21H,1-18H3;3*1H;/q-1;;;;+4/p-3. The van der Waals surface area contributed by atoms with Crippen LogP contribution in [-0.2, 0) is 21.7 Å². The Balaban J connectivity index is 0. The molecule has 3 heterocycles. The molecule has 3 atom stereocenters. The number of rotatable bonds is 3. The fourth-order valence-corrected chi connectivity index (χ4v) is 5.73. The molecule has 248 valence electrons. The Labute approximate surface area is 303 Å². The summed E-state index contributed by atoms with van der Waals surface area (Å²) in [4.78, 5) is 0. The molecule has 0 saturated carbocycles. The van der Waals surface area contributed by atoms with Gasteiger partial charge in [-0.2, -0.15) is 15.3 Å². The molecule has 0 aromatic rings. The molecular formula is C34H57Cl3N6Ti. The van der Waals surface area contributed by atoms with Gasteiger partial charge in [-0.25, -0.2) is 21.3 Å². The summed E-state index contributed by atoms with van der Waals surface area (Å²) in [5.41, 5.74) is -1.05. The second-order valence-electron chi connectivity index (χ2n) is 18.4. The number of nitrogens with zero attached hydrogens (tertiary/aromatic N) is 6. The van der Waals surface area contributed by atoms with Crippen molar-refractivity contribution in [3.63, 3.8) is 0 Å². The van der Waals surface area contributed by atoms with Gasteiger partial charge in [-0.15, -0.1) is 0 Å². The van der Waals surface area contributed by atoms with E-state index < -0.39 is 16.6 Å². The molecule has 44 heavy (non-hydrogen) atoms. The minimum absolute atomic E-state index is 0. The first-order valence-corrected chi connectivity index (χ1v) is 14.9. The van der Waals surface area contributed by atoms with Crippen molar-refractivity contribution in [2.24, 2.45) is 63.2 Å². The third kappa shape index (κ3) is 7.50. The van der Waals surface area contributed by atoms with Gasteiger partial charge in [0.15, 0.2) is 0 Å². The molecule has 0 aromatic carbocycles. The summed E-state index contributed by atoms with van der Waals surface area (Å²) in [6.07, 6.45) is 6.96. The van der Waals surface area contributed by atoms with Crippen LogP contribution in [0.5, 0.6) is 0 Å². The summed E-state index contributed by atoms with van der Waals surface area (Å²) in [6.45, 7) is 40.2. The van der Waals surface area contributed by atoms with E-state index in [1.807, 2.05) is 0 Å². The van der Waals surface area contributed by atoms with Crippen LogP contribution in [0.15, 0.2) is 66.0 Å². The van der Waals surface area contributed by atoms with Crippen molar-refractivity contribution in [3.8, 4) is 0 Å². The first-order chi connectivity index (χ1) is 17.6. The Kier molecular flexibility index (Phi) is 13.8. The maximum absolute atomic E-state index is 5.30. The zero-order valence-corrected chi connectivity index (χ0v) is 34.4. The van der Waals surface area contributed by atoms with E-state index in [1.54, 1.807) is 0 Å². The minimum Gasteiger partial charge on any atom is -1.00 e. The molecule has 0 amide bonds. The molecule has 0 saturated heterocycles. The van der Waals surface area contributed by atoms with E-state index in [2.05, 4.69) is 143 Å². The topological polar surface area (TPSA) is 74.2 Å². The molecule has 0 fully saturated rings. The predicted molar refractivity (Wildman–Crippen MR) is 167 cm³/mol. The summed E-state index contributed by atoms with van der Waals surface area (Å²) >= 11 is 0. The van der Waals surface area contributed by atoms with Crippen molar-refractivity contribution in [1.82, 2.24) is 0 Å². The summed E-state index contributed by atoms with van der Waals surface area (Å²) < 4.78 is 0. The SMILES string of the molecule is CC(C)(C)C1=CC([C-](C2(C(C)(C)C)C=C(C(C)(C)C)N=N2)C2(C(C)(C)C)C=C(C(C)(C)C)N=N2)(C(C)(C)C)N=N1.[Cl-].[Cl-].[Cl-].[Ti+4]. The Bertz CT molecular complexity index is 1070. The van der Waals surface area contributed by atoms with E-state index in [9.17, 15) is 0 Å². The number of halogens is 3. The normalized spacial score (nSPS) is 27.2. The number of hydrogen-bond donors (Lipinski definition) is 0. The molecule has 10 heteroatoms. The van der Waals surface area contributed by atoms with Crippen LogP contribution >= 0.6 is 0 Å². The molecule has 0 aliphatic carbocycles. The second-order valence-corrected chi connectivity index (χ2v) is 18.4. The molecule has 0 N–H and O–H groups in total. The van der Waals surface area contributed by atoms with Gasteiger partial charge in [0.25, 0.3) is 0 Å². The monoisotopic (exact) mass is 702 g/mol. The van der Waals surface area contributed by atoms with E-state index in [0.29, 0.717) is 0 Å².